The smallest absolute Gasteiger partial charge is 0.220 e. The number of halogens is 2. The summed E-state index contributed by atoms with van der Waals surface area (Å²) in [6, 6.07) is 13.1. The molecule has 1 atom stereocenters. The molecule has 0 aromatic heterocycles. The van der Waals surface area contributed by atoms with Crippen LogP contribution < -0.4 is 10.1 Å². The number of ether oxygens (including phenoxy) is 1. The average molecular weight is 366 g/mol. The maximum atomic E-state index is 12.0. The Kier molecular flexibility index (Phi) is 6.95. The van der Waals surface area contributed by atoms with E-state index in [-0.39, 0.29) is 11.9 Å². The number of carbonyl (C=O) groups excluding carboxylic acids is 1. The van der Waals surface area contributed by atoms with Crippen molar-refractivity contribution in [1.29, 1.82) is 0 Å². The molecule has 0 heterocycles. The Morgan fingerprint density at radius 3 is 2.54 bits per heavy atom. The molecular formula is C19H21Cl2NO2. The lowest BCUT2D eigenvalue weighted by molar-refractivity contribution is -0.121. The van der Waals surface area contributed by atoms with Crippen LogP contribution in [0, 0.1) is 6.92 Å². The summed E-state index contributed by atoms with van der Waals surface area (Å²) in [7, 11) is 0. The zero-order valence-corrected chi connectivity index (χ0v) is 15.3. The predicted octanol–water partition coefficient (Wildman–Crippen LogP) is 4.82. The van der Waals surface area contributed by atoms with Gasteiger partial charge in [0.15, 0.2) is 0 Å². The summed E-state index contributed by atoms with van der Waals surface area (Å²) in [5.41, 5.74) is 2.10. The highest BCUT2D eigenvalue weighted by Crippen LogP contribution is 2.22. The minimum absolute atomic E-state index is 0.0268. The number of nitrogens with one attached hydrogen (secondary N) is 1. The molecular weight excluding hydrogens is 345 g/mol. The molecule has 1 N–H and O–H groups in total. The Hall–Kier alpha value is -1.71. The summed E-state index contributed by atoms with van der Waals surface area (Å²) >= 11 is 12.0. The van der Waals surface area contributed by atoms with Crippen LogP contribution in [-0.4, -0.2) is 18.6 Å². The lowest BCUT2D eigenvalue weighted by atomic mass is 10.1. The van der Waals surface area contributed by atoms with E-state index in [1.54, 1.807) is 12.1 Å². The lowest BCUT2D eigenvalue weighted by Gasteiger charge is -2.15. The molecule has 0 radical (unpaired) electrons. The summed E-state index contributed by atoms with van der Waals surface area (Å²) < 4.78 is 5.67. The average Bonchev–Trinajstić information content (AvgIpc) is 2.53. The number of amides is 1. The fourth-order valence-electron chi connectivity index (χ4n) is 2.22. The van der Waals surface area contributed by atoms with Gasteiger partial charge in [-0.15, -0.1) is 0 Å². The van der Waals surface area contributed by atoms with Crippen LogP contribution in [0.3, 0.4) is 0 Å². The molecule has 0 saturated heterocycles. The van der Waals surface area contributed by atoms with Crippen molar-refractivity contribution in [3.8, 4) is 5.75 Å². The molecule has 3 nitrogen and oxygen atoms in total. The van der Waals surface area contributed by atoms with Gasteiger partial charge in [-0.25, -0.2) is 0 Å². The van der Waals surface area contributed by atoms with E-state index in [0.29, 0.717) is 29.5 Å². The van der Waals surface area contributed by atoms with E-state index in [2.05, 4.69) is 5.32 Å². The van der Waals surface area contributed by atoms with E-state index >= 15 is 0 Å². The predicted molar refractivity (Wildman–Crippen MR) is 99.1 cm³/mol. The van der Waals surface area contributed by atoms with Crippen molar-refractivity contribution in [3.05, 3.63) is 63.6 Å². The minimum Gasteiger partial charge on any atom is -0.491 e. The first-order valence-electron chi connectivity index (χ1n) is 7.87. The van der Waals surface area contributed by atoms with E-state index in [9.17, 15) is 4.79 Å². The number of rotatable bonds is 7. The highest BCUT2D eigenvalue weighted by molar-refractivity contribution is 6.35. The summed E-state index contributed by atoms with van der Waals surface area (Å²) in [5.74, 6) is 0.774. The second-order valence-electron chi connectivity index (χ2n) is 5.83. The van der Waals surface area contributed by atoms with Gasteiger partial charge in [-0.3, -0.25) is 4.79 Å². The zero-order chi connectivity index (χ0) is 17.5. The SMILES string of the molecule is Cc1ccc(OC[C@@H](C)NC(=O)CCc2ccc(Cl)cc2Cl)cc1. The molecule has 0 aliphatic heterocycles. The first-order chi connectivity index (χ1) is 11.4. The lowest BCUT2D eigenvalue weighted by Crippen LogP contribution is -2.36. The normalized spacial score (nSPS) is 11.8. The van der Waals surface area contributed by atoms with E-state index in [1.807, 2.05) is 44.2 Å². The molecule has 5 heteroatoms. The van der Waals surface area contributed by atoms with Crippen LogP contribution in [0.25, 0.3) is 0 Å². The van der Waals surface area contributed by atoms with Crippen LogP contribution in [0.4, 0.5) is 0 Å². The van der Waals surface area contributed by atoms with Crippen molar-refractivity contribution in [2.24, 2.45) is 0 Å². The highest BCUT2D eigenvalue weighted by atomic mass is 35.5. The van der Waals surface area contributed by atoms with E-state index in [1.165, 1.54) is 5.56 Å². The zero-order valence-electron chi connectivity index (χ0n) is 13.8. The number of aryl methyl sites for hydroxylation is 2. The van der Waals surface area contributed by atoms with Crippen LogP contribution in [0.15, 0.2) is 42.5 Å². The quantitative estimate of drug-likeness (QED) is 0.763. The number of benzene rings is 2. The Morgan fingerprint density at radius 1 is 1.17 bits per heavy atom. The molecule has 0 spiro atoms. The van der Waals surface area contributed by atoms with Crippen molar-refractivity contribution >= 4 is 29.1 Å². The summed E-state index contributed by atoms with van der Waals surface area (Å²) in [6.07, 6.45) is 0.948. The topological polar surface area (TPSA) is 38.3 Å². The molecule has 2 aromatic rings. The van der Waals surface area contributed by atoms with Gasteiger partial charge in [0.05, 0.1) is 6.04 Å². The number of hydrogen-bond donors (Lipinski definition) is 1. The Morgan fingerprint density at radius 2 is 1.88 bits per heavy atom. The van der Waals surface area contributed by atoms with Gasteiger partial charge in [-0.2, -0.15) is 0 Å². The fourth-order valence-corrected chi connectivity index (χ4v) is 2.72. The molecule has 0 bridgehead atoms. The van der Waals surface area contributed by atoms with Crippen molar-refractivity contribution in [3.63, 3.8) is 0 Å². The van der Waals surface area contributed by atoms with Crippen molar-refractivity contribution in [2.75, 3.05) is 6.61 Å². The largest absolute Gasteiger partial charge is 0.491 e. The maximum absolute atomic E-state index is 12.0. The van der Waals surface area contributed by atoms with Crippen molar-refractivity contribution in [2.45, 2.75) is 32.7 Å². The van der Waals surface area contributed by atoms with Crippen LogP contribution in [-0.2, 0) is 11.2 Å². The van der Waals surface area contributed by atoms with Gasteiger partial charge >= 0.3 is 0 Å². The van der Waals surface area contributed by atoms with Crippen molar-refractivity contribution in [1.82, 2.24) is 5.32 Å². The molecule has 0 aliphatic rings. The molecule has 0 unspecified atom stereocenters. The van der Waals surface area contributed by atoms with E-state index < -0.39 is 0 Å². The van der Waals surface area contributed by atoms with Gasteiger partial charge in [-0.1, -0.05) is 47.0 Å². The first-order valence-corrected chi connectivity index (χ1v) is 8.62. The van der Waals surface area contributed by atoms with Gasteiger partial charge in [0, 0.05) is 16.5 Å². The molecule has 2 aromatic carbocycles. The summed E-state index contributed by atoms with van der Waals surface area (Å²) in [6.45, 7) is 4.37. The van der Waals surface area contributed by atoms with Gasteiger partial charge in [0.25, 0.3) is 0 Å². The van der Waals surface area contributed by atoms with Gasteiger partial charge in [0.2, 0.25) is 5.91 Å². The van der Waals surface area contributed by atoms with Crippen LogP contribution in [0.2, 0.25) is 10.0 Å². The van der Waals surface area contributed by atoms with E-state index in [0.717, 1.165) is 11.3 Å². The van der Waals surface area contributed by atoms with E-state index in [4.69, 9.17) is 27.9 Å². The molecule has 24 heavy (non-hydrogen) atoms. The third-order valence-electron chi connectivity index (χ3n) is 3.56. The number of carbonyl (C=O) groups is 1. The third-order valence-corrected chi connectivity index (χ3v) is 4.15. The van der Waals surface area contributed by atoms with Gasteiger partial charge < -0.3 is 10.1 Å². The fraction of sp³-hybridized carbons (Fsp3) is 0.316. The van der Waals surface area contributed by atoms with Gasteiger partial charge in [0.1, 0.15) is 12.4 Å². The van der Waals surface area contributed by atoms with Crippen LogP contribution in [0.1, 0.15) is 24.5 Å². The standard InChI is InChI=1S/C19H21Cl2NO2/c1-13-3-8-17(9-4-13)24-12-14(2)22-19(23)10-6-15-5-7-16(20)11-18(15)21/h3-5,7-9,11,14H,6,10,12H2,1-2H3,(H,22,23)/t14-/m1/s1. The molecule has 0 aliphatic carbocycles. The molecule has 0 fully saturated rings. The minimum atomic E-state index is -0.0699. The Balaban J connectivity index is 1.74. The maximum Gasteiger partial charge on any atom is 0.220 e. The molecule has 2 rings (SSSR count). The number of hydrogen-bond acceptors (Lipinski definition) is 2. The molecule has 128 valence electrons. The third kappa shape index (κ3) is 6.06. The molecule has 0 saturated carbocycles. The summed E-state index contributed by atoms with van der Waals surface area (Å²) in [5, 5.41) is 4.11. The Labute approximate surface area is 152 Å². The van der Waals surface area contributed by atoms with Crippen LogP contribution in [0.5, 0.6) is 5.75 Å². The second-order valence-corrected chi connectivity index (χ2v) is 6.67. The highest BCUT2D eigenvalue weighted by Gasteiger charge is 2.10. The second kappa shape index (κ2) is 8.95. The van der Waals surface area contributed by atoms with Crippen LogP contribution >= 0.6 is 23.2 Å². The summed E-state index contributed by atoms with van der Waals surface area (Å²) in [4.78, 5) is 12.0. The monoisotopic (exact) mass is 365 g/mol. The van der Waals surface area contributed by atoms with Crippen molar-refractivity contribution < 1.29 is 9.53 Å². The Bertz CT molecular complexity index is 686. The molecule has 1 amide bonds. The van der Waals surface area contributed by atoms with Gasteiger partial charge in [-0.05, 0) is 50.1 Å². The first kappa shape index (κ1) is 18.6.